The maximum absolute atomic E-state index is 12.2. The predicted octanol–water partition coefficient (Wildman–Crippen LogP) is 1.35. The van der Waals surface area contributed by atoms with E-state index in [9.17, 15) is 9.59 Å². The zero-order valence-electron chi connectivity index (χ0n) is 14.5. The molecule has 0 radical (unpaired) electrons. The van der Waals surface area contributed by atoms with Crippen molar-refractivity contribution in [1.29, 1.82) is 0 Å². The zero-order chi connectivity index (χ0) is 16.7. The largest absolute Gasteiger partial charge is 0.367 e. The van der Waals surface area contributed by atoms with Crippen molar-refractivity contribution in [3.05, 3.63) is 23.9 Å². The highest BCUT2D eigenvalue weighted by atomic mass is 35.5. The van der Waals surface area contributed by atoms with Gasteiger partial charge in [-0.1, -0.05) is 12.1 Å². The predicted molar refractivity (Wildman–Crippen MR) is 105 cm³/mol. The Hall–Kier alpha value is -1.83. The standard InChI is InChI=1S/C17H21N5O2.2ClH/c1-21-16-11(3-2-4-13(16)22-9-7-18-8-10-22)15(20-21)12-5-6-14(23)19-17(12)24;;/h2-4,12,18H,5-10H2,1H3,(H,19,23,24);2*1H. The van der Waals surface area contributed by atoms with Crippen LogP contribution in [0.3, 0.4) is 0 Å². The number of fused-ring (bicyclic) bond motifs is 1. The minimum atomic E-state index is -0.357. The van der Waals surface area contributed by atoms with Crippen LogP contribution in [0.1, 0.15) is 24.5 Å². The van der Waals surface area contributed by atoms with E-state index in [-0.39, 0.29) is 42.5 Å². The molecule has 2 aliphatic heterocycles. The van der Waals surface area contributed by atoms with Crippen molar-refractivity contribution in [3.8, 4) is 0 Å². The number of hydrogen-bond donors (Lipinski definition) is 2. The summed E-state index contributed by atoms with van der Waals surface area (Å²) in [6.07, 6.45) is 0.889. The molecule has 0 aliphatic carbocycles. The molecule has 1 unspecified atom stereocenters. The van der Waals surface area contributed by atoms with E-state index in [1.807, 2.05) is 23.9 Å². The summed E-state index contributed by atoms with van der Waals surface area (Å²) in [6.45, 7) is 3.85. The molecule has 0 bridgehead atoms. The SMILES string of the molecule is Cl.Cl.Cn1nc(C2CCC(=O)NC2=O)c2cccc(N3CCNCC3)c21. The Balaban J connectivity index is 0.00000121. The maximum atomic E-state index is 12.2. The van der Waals surface area contributed by atoms with Gasteiger partial charge in [-0.3, -0.25) is 19.6 Å². The summed E-state index contributed by atoms with van der Waals surface area (Å²) >= 11 is 0. The average molecular weight is 400 g/mol. The highest BCUT2D eigenvalue weighted by molar-refractivity contribution is 6.03. The number of carbonyl (C=O) groups excluding carboxylic acids is 2. The highest BCUT2D eigenvalue weighted by Gasteiger charge is 2.32. The van der Waals surface area contributed by atoms with E-state index < -0.39 is 0 Å². The van der Waals surface area contributed by atoms with Gasteiger partial charge in [-0.05, 0) is 12.5 Å². The minimum absolute atomic E-state index is 0. The molecule has 2 saturated heterocycles. The van der Waals surface area contributed by atoms with E-state index in [0.29, 0.717) is 12.8 Å². The normalized spacial score (nSPS) is 20.3. The van der Waals surface area contributed by atoms with Gasteiger partial charge in [-0.25, -0.2) is 0 Å². The van der Waals surface area contributed by atoms with Crippen LogP contribution in [0.2, 0.25) is 0 Å². The molecule has 4 rings (SSSR count). The van der Waals surface area contributed by atoms with Crippen LogP contribution in [0.25, 0.3) is 10.9 Å². The van der Waals surface area contributed by atoms with Gasteiger partial charge in [0.25, 0.3) is 0 Å². The monoisotopic (exact) mass is 399 g/mol. The zero-order valence-corrected chi connectivity index (χ0v) is 16.2. The van der Waals surface area contributed by atoms with Crippen molar-refractivity contribution >= 4 is 53.2 Å². The molecule has 9 heteroatoms. The van der Waals surface area contributed by atoms with E-state index in [2.05, 4.69) is 26.7 Å². The first-order valence-electron chi connectivity index (χ1n) is 8.40. The number of piperidine rings is 1. The van der Waals surface area contributed by atoms with Crippen LogP contribution in [0.4, 0.5) is 5.69 Å². The maximum Gasteiger partial charge on any atom is 0.235 e. The first-order chi connectivity index (χ1) is 11.6. The van der Waals surface area contributed by atoms with Crippen LogP contribution in [0.15, 0.2) is 18.2 Å². The van der Waals surface area contributed by atoms with Gasteiger partial charge in [0.05, 0.1) is 22.8 Å². The minimum Gasteiger partial charge on any atom is -0.367 e. The second-order valence-corrected chi connectivity index (χ2v) is 6.42. The third kappa shape index (κ3) is 3.51. The third-order valence-corrected chi connectivity index (χ3v) is 4.90. The molecule has 0 spiro atoms. The van der Waals surface area contributed by atoms with E-state index in [1.165, 1.54) is 0 Å². The second kappa shape index (κ2) is 8.24. The summed E-state index contributed by atoms with van der Waals surface area (Å²) < 4.78 is 1.87. The number of imide groups is 1. The fraction of sp³-hybridized carbons (Fsp3) is 0.471. The van der Waals surface area contributed by atoms with Crippen molar-refractivity contribution in [2.75, 3.05) is 31.1 Å². The van der Waals surface area contributed by atoms with Gasteiger partial charge in [-0.2, -0.15) is 5.10 Å². The molecule has 142 valence electrons. The van der Waals surface area contributed by atoms with Crippen molar-refractivity contribution < 1.29 is 9.59 Å². The van der Waals surface area contributed by atoms with Crippen molar-refractivity contribution in [1.82, 2.24) is 20.4 Å². The van der Waals surface area contributed by atoms with Crippen molar-refractivity contribution in [2.24, 2.45) is 7.05 Å². The van der Waals surface area contributed by atoms with E-state index in [4.69, 9.17) is 0 Å². The summed E-state index contributed by atoms with van der Waals surface area (Å²) in [7, 11) is 1.92. The van der Waals surface area contributed by atoms with Gasteiger partial charge >= 0.3 is 0 Å². The molecule has 2 aromatic rings. The fourth-order valence-electron chi connectivity index (χ4n) is 3.72. The van der Waals surface area contributed by atoms with E-state index >= 15 is 0 Å². The second-order valence-electron chi connectivity index (χ2n) is 6.42. The molecule has 2 fully saturated rings. The lowest BCUT2D eigenvalue weighted by Crippen LogP contribution is -2.43. The molecule has 3 heterocycles. The van der Waals surface area contributed by atoms with Crippen LogP contribution in [-0.4, -0.2) is 47.8 Å². The molecular weight excluding hydrogens is 377 g/mol. The number of nitrogens with zero attached hydrogens (tertiary/aromatic N) is 3. The quantitative estimate of drug-likeness (QED) is 0.745. The summed E-state index contributed by atoms with van der Waals surface area (Å²) in [6, 6.07) is 6.16. The number of amides is 2. The fourth-order valence-corrected chi connectivity index (χ4v) is 3.72. The van der Waals surface area contributed by atoms with Gasteiger partial charge in [0.15, 0.2) is 0 Å². The summed E-state index contributed by atoms with van der Waals surface area (Å²) in [5.74, 6) is -0.790. The molecule has 7 nitrogen and oxygen atoms in total. The number of aryl methyl sites for hydroxylation is 1. The molecule has 0 saturated carbocycles. The van der Waals surface area contributed by atoms with Crippen LogP contribution in [0, 0.1) is 0 Å². The molecule has 2 N–H and O–H groups in total. The molecular formula is C17H23Cl2N5O2. The Bertz CT molecular complexity index is 817. The van der Waals surface area contributed by atoms with Gasteiger partial charge in [-0.15, -0.1) is 24.8 Å². The van der Waals surface area contributed by atoms with Crippen LogP contribution in [-0.2, 0) is 16.6 Å². The molecule has 2 aliphatic rings. The topological polar surface area (TPSA) is 79.3 Å². The summed E-state index contributed by atoms with van der Waals surface area (Å²) in [5, 5.41) is 11.4. The first-order valence-corrected chi connectivity index (χ1v) is 8.40. The Kier molecular flexibility index (Phi) is 6.49. The molecule has 1 aromatic carbocycles. The summed E-state index contributed by atoms with van der Waals surface area (Å²) in [4.78, 5) is 26.0. The van der Waals surface area contributed by atoms with Crippen LogP contribution >= 0.6 is 24.8 Å². The number of benzene rings is 1. The molecule has 26 heavy (non-hydrogen) atoms. The van der Waals surface area contributed by atoms with E-state index in [1.54, 1.807) is 0 Å². The van der Waals surface area contributed by atoms with Gasteiger partial charge in [0.2, 0.25) is 11.8 Å². The number of nitrogens with one attached hydrogen (secondary N) is 2. The first kappa shape index (κ1) is 20.5. The van der Waals surface area contributed by atoms with E-state index in [0.717, 1.165) is 48.5 Å². The molecule has 1 aromatic heterocycles. The van der Waals surface area contributed by atoms with Gasteiger partial charge < -0.3 is 10.2 Å². The average Bonchev–Trinajstić information content (AvgIpc) is 2.93. The molecule has 1 atom stereocenters. The summed E-state index contributed by atoms with van der Waals surface area (Å²) in [5.41, 5.74) is 2.98. The number of halogens is 2. The van der Waals surface area contributed by atoms with Gasteiger partial charge in [0.1, 0.15) is 0 Å². The Morgan fingerprint density at radius 1 is 1.15 bits per heavy atom. The highest BCUT2D eigenvalue weighted by Crippen LogP contribution is 2.34. The number of rotatable bonds is 2. The number of aromatic nitrogens is 2. The number of para-hydroxylation sites is 1. The molecule has 2 amide bonds. The van der Waals surface area contributed by atoms with Crippen LogP contribution in [0.5, 0.6) is 0 Å². The Morgan fingerprint density at radius 2 is 1.88 bits per heavy atom. The lowest BCUT2D eigenvalue weighted by Gasteiger charge is -2.30. The Labute approximate surface area is 164 Å². The number of hydrogen-bond acceptors (Lipinski definition) is 5. The smallest absolute Gasteiger partial charge is 0.235 e. The number of anilines is 1. The lowest BCUT2D eigenvalue weighted by atomic mass is 9.92. The van der Waals surface area contributed by atoms with Crippen LogP contribution < -0.4 is 15.5 Å². The third-order valence-electron chi connectivity index (χ3n) is 4.90. The van der Waals surface area contributed by atoms with Crippen molar-refractivity contribution in [2.45, 2.75) is 18.8 Å². The van der Waals surface area contributed by atoms with Gasteiger partial charge in [0, 0.05) is 45.0 Å². The lowest BCUT2D eigenvalue weighted by molar-refractivity contribution is -0.134. The number of carbonyl (C=O) groups is 2. The van der Waals surface area contributed by atoms with Crippen molar-refractivity contribution in [3.63, 3.8) is 0 Å². The number of piperazine rings is 1. The Morgan fingerprint density at radius 3 is 2.58 bits per heavy atom.